The van der Waals surface area contributed by atoms with Crippen molar-refractivity contribution in [3.63, 3.8) is 0 Å². The lowest BCUT2D eigenvalue weighted by Crippen LogP contribution is -2.82. The predicted molar refractivity (Wildman–Crippen MR) is 112 cm³/mol. The molecule has 0 bridgehead atoms. The standard InChI is InChI=1S/C16H36O5Si4/c1-14(2)15(17)19-13-25(18,21-22(5,6)7)24(10)12-11-16(3,4)20-23(24,8)9/h18H,1,11-13H2,2-10H3. The maximum atomic E-state index is 11.9. The molecule has 1 N–H and O–H groups in total. The van der Waals surface area contributed by atoms with Crippen LogP contribution in [0.1, 0.15) is 27.2 Å². The third-order valence-electron chi connectivity index (χ3n) is 5.17. The first-order valence-electron chi connectivity index (χ1n) is 8.90. The van der Waals surface area contributed by atoms with Crippen LogP contribution >= 0.6 is 0 Å². The van der Waals surface area contributed by atoms with E-state index >= 15 is 0 Å². The van der Waals surface area contributed by atoms with Crippen LogP contribution in [0.2, 0.25) is 45.3 Å². The molecular formula is C16H36O5Si4. The second-order valence-electron chi connectivity index (χ2n) is 9.56. The molecule has 0 amide bonds. The van der Waals surface area contributed by atoms with Crippen molar-refractivity contribution in [3.8, 4) is 0 Å². The molecule has 0 aromatic carbocycles. The molecule has 1 heterocycles. The maximum absolute atomic E-state index is 11.9. The van der Waals surface area contributed by atoms with Crippen molar-refractivity contribution in [2.75, 3.05) is 6.23 Å². The summed E-state index contributed by atoms with van der Waals surface area (Å²) >= 11 is 0. The Labute approximate surface area is 156 Å². The fraction of sp³-hybridized carbons (Fsp3) is 0.812. The van der Waals surface area contributed by atoms with Crippen LogP contribution in [0.4, 0.5) is 0 Å². The molecule has 0 spiro atoms. The first kappa shape index (κ1) is 23.0. The zero-order valence-electron chi connectivity index (χ0n) is 17.4. The number of ether oxygens (including phenoxy) is 1. The molecule has 9 heteroatoms. The van der Waals surface area contributed by atoms with E-state index in [0.29, 0.717) is 5.57 Å². The van der Waals surface area contributed by atoms with Gasteiger partial charge in [-0.25, -0.2) is 4.79 Å². The minimum absolute atomic E-state index is 0.00803. The Balaban J connectivity index is 3.25. The number of rotatable bonds is 6. The molecule has 0 saturated carbocycles. The summed E-state index contributed by atoms with van der Waals surface area (Å²) in [4.78, 5) is 23.8. The van der Waals surface area contributed by atoms with Gasteiger partial charge in [0, 0.05) is 5.57 Å². The van der Waals surface area contributed by atoms with Crippen molar-refractivity contribution in [2.24, 2.45) is 0 Å². The predicted octanol–water partition coefficient (Wildman–Crippen LogP) is 3.57. The molecule has 2 atom stereocenters. The third-order valence-corrected chi connectivity index (χ3v) is 41.4. The molecule has 2 unspecified atom stereocenters. The van der Waals surface area contributed by atoms with Crippen LogP contribution in [0, 0.1) is 0 Å². The summed E-state index contributed by atoms with van der Waals surface area (Å²) in [5.41, 5.74) is 0.180. The second kappa shape index (κ2) is 7.17. The van der Waals surface area contributed by atoms with Crippen LogP contribution in [0.3, 0.4) is 0 Å². The zero-order valence-corrected chi connectivity index (χ0v) is 21.4. The lowest BCUT2D eigenvalue weighted by Gasteiger charge is -2.55. The van der Waals surface area contributed by atoms with E-state index < -0.39 is 37.3 Å². The largest absolute Gasteiger partial charge is 0.461 e. The number of carbonyl (C=O) groups is 1. The van der Waals surface area contributed by atoms with Gasteiger partial charge in [0.15, 0.2) is 16.2 Å². The van der Waals surface area contributed by atoms with E-state index in [0.717, 1.165) is 12.5 Å². The van der Waals surface area contributed by atoms with Gasteiger partial charge in [-0.1, -0.05) is 19.2 Å². The molecule has 0 radical (unpaired) electrons. The molecule has 5 nitrogen and oxygen atoms in total. The fourth-order valence-electron chi connectivity index (χ4n) is 3.47. The summed E-state index contributed by atoms with van der Waals surface area (Å²) in [7, 11) is -9.76. The normalized spacial score (nSPS) is 28.1. The Hall–Kier alpha value is -0.0425. The SMILES string of the molecule is C=C(C)C(=O)OC[Si](O)(O[Si](C)(C)C)[Si]1(C)CCC(C)(C)O[Si]1(C)C. The summed E-state index contributed by atoms with van der Waals surface area (Å²) < 4.78 is 18.4. The summed E-state index contributed by atoms with van der Waals surface area (Å²) in [6, 6.07) is 0.955. The zero-order chi connectivity index (χ0) is 19.9. The van der Waals surface area contributed by atoms with Crippen LogP contribution in [0.25, 0.3) is 0 Å². The lowest BCUT2D eigenvalue weighted by atomic mass is 10.1. The maximum Gasteiger partial charge on any atom is 0.342 e. The second-order valence-corrected chi connectivity index (χ2v) is 36.9. The average Bonchev–Trinajstić information content (AvgIpc) is 2.37. The first-order chi connectivity index (χ1) is 10.9. The molecule has 25 heavy (non-hydrogen) atoms. The van der Waals surface area contributed by atoms with Gasteiger partial charge in [0.25, 0.3) is 0 Å². The van der Waals surface area contributed by atoms with Gasteiger partial charge in [-0.3, -0.25) is 0 Å². The van der Waals surface area contributed by atoms with Gasteiger partial charge in [0.1, 0.15) is 13.3 Å². The molecular weight excluding hydrogens is 385 g/mol. The number of hydrogen-bond donors (Lipinski definition) is 1. The first-order valence-corrected chi connectivity index (χ1v) is 22.0. The van der Waals surface area contributed by atoms with Gasteiger partial charge in [-0.15, -0.1) is 0 Å². The molecule has 1 saturated heterocycles. The molecule has 0 aromatic rings. The summed E-state index contributed by atoms with van der Waals surface area (Å²) in [5.74, 6) is -0.459. The Bertz CT molecular complexity index is 543. The van der Waals surface area contributed by atoms with Gasteiger partial charge in [-0.2, -0.15) is 0 Å². The molecule has 0 aliphatic carbocycles. The van der Waals surface area contributed by atoms with Crippen LogP contribution in [0.5, 0.6) is 0 Å². The molecule has 1 aliphatic heterocycles. The monoisotopic (exact) mass is 420 g/mol. The molecule has 0 aromatic heterocycles. The minimum atomic E-state index is -3.26. The highest BCUT2D eigenvalue weighted by molar-refractivity contribution is 7.65. The highest BCUT2D eigenvalue weighted by Crippen LogP contribution is 2.43. The number of esters is 1. The highest BCUT2D eigenvalue weighted by atomic mass is 29.7. The van der Waals surface area contributed by atoms with Gasteiger partial charge in [0.2, 0.25) is 0 Å². The smallest absolute Gasteiger partial charge is 0.342 e. The Morgan fingerprint density at radius 1 is 1.28 bits per heavy atom. The number of hydrogen-bond acceptors (Lipinski definition) is 5. The van der Waals surface area contributed by atoms with Crippen LogP contribution in [-0.4, -0.2) is 53.9 Å². The molecule has 1 fully saturated rings. The molecule has 1 rings (SSSR count). The fourth-order valence-corrected chi connectivity index (χ4v) is 39.0. The van der Waals surface area contributed by atoms with Crippen LogP contribution < -0.4 is 0 Å². The Morgan fingerprint density at radius 3 is 2.20 bits per heavy atom. The minimum Gasteiger partial charge on any atom is -0.461 e. The topological polar surface area (TPSA) is 65.0 Å². The highest BCUT2D eigenvalue weighted by Gasteiger charge is 2.68. The van der Waals surface area contributed by atoms with E-state index in [1.165, 1.54) is 0 Å². The number of carbonyl (C=O) groups excluding carboxylic acids is 1. The molecule has 146 valence electrons. The van der Waals surface area contributed by atoms with Crippen LogP contribution in [-0.2, 0) is 18.1 Å². The quantitative estimate of drug-likeness (QED) is 0.404. The van der Waals surface area contributed by atoms with E-state index in [4.69, 9.17) is 13.3 Å². The van der Waals surface area contributed by atoms with Crippen LogP contribution in [0.15, 0.2) is 12.2 Å². The van der Waals surface area contributed by atoms with E-state index in [-0.39, 0.29) is 11.8 Å². The van der Waals surface area contributed by atoms with Crippen molar-refractivity contribution in [1.82, 2.24) is 0 Å². The van der Waals surface area contributed by atoms with Gasteiger partial charge >= 0.3 is 14.0 Å². The summed E-state index contributed by atoms with van der Waals surface area (Å²) in [6.45, 7) is 22.3. The van der Waals surface area contributed by atoms with Gasteiger partial charge < -0.3 is 18.1 Å². The van der Waals surface area contributed by atoms with Crippen molar-refractivity contribution in [3.05, 3.63) is 12.2 Å². The van der Waals surface area contributed by atoms with Gasteiger partial charge in [-0.05, 0) is 59.9 Å². The summed E-state index contributed by atoms with van der Waals surface area (Å²) in [5, 5.41) is 0. The third kappa shape index (κ3) is 5.24. The van der Waals surface area contributed by atoms with E-state index in [9.17, 15) is 9.59 Å². The average molecular weight is 421 g/mol. The van der Waals surface area contributed by atoms with Crippen molar-refractivity contribution in [2.45, 2.75) is 78.1 Å². The Kier molecular flexibility index (Phi) is 6.60. The van der Waals surface area contributed by atoms with Gasteiger partial charge in [0.05, 0.1) is 5.60 Å². The van der Waals surface area contributed by atoms with E-state index in [2.05, 4.69) is 59.7 Å². The van der Waals surface area contributed by atoms with Crippen molar-refractivity contribution in [1.29, 1.82) is 0 Å². The lowest BCUT2D eigenvalue weighted by molar-refractivity contribution is -0.137. The molecule has 1 aliphatic rings. The summed E-state index contributed by atoms with van der Waals surface area (Å²) in [6.07, 6.45) is 0.900. The van der Waals surface area contributed by atoms with Crippen molar-refractivity contribution >= 4 is 37.3 Å². The Morgan fingerprint density at radius 2 is 1.80 bits per heavy atom. The van der Waals surface area contributed by atoms with E-state index in [1.807, 2.05) is 0 Å². The van der Waals surface area contributed by atoms with Crippen molar-refractivity contribution < 1.29 is 22.9 Å². The van der Waals surface area contributed by atoms with E-state index in [1.54, 1.807) is 6.92 Å².